The van der Waals surface area contributed by atoms with Gasteiger partial charge in [0.2, 0.25) is 0 Å². The first-order chi connectivity index (χ1) is 14.6. The Morgan fingerprint density at radius 1 is 0.800 bits per heavy atom. The molecule has 30 heavy (non-hydrogen) atoms. The molecule has 0 saturated heterocycles. The van der Waals surface area contributed by atoms with E-state index in [-0.39, 0.29) is 0 Å². The quantitative estimate of drug-likeness (QED) is 0.399. The molecule has 158 valence electrons. The summed E-state index contributed by atoms with van der Waals surface area (Å²) >= 11 is 12.6. The van der Waals surface area contributed by atoms with Crippen LogP contribution in [0.1, 0.15) is 23.6 Å². The van der Waals surface area contributed by atoms with E-state index in [0.717, 1.165) is 22.4 Å². The van der Waals surface area contributed by atoms with Crippen LogP contribution in [-0.2, 0) is 19.7 Å². The zero-order valence-corrected chi connectivity index (χ0v) is 18.6. The van der Waals surface area contributed by atoms with Gasteiger partial charge < -0.3 is 19.5 Å². The third kappa shape index (κ3) is 6.05. The number of benzene rings is 3. The Hall–Kier alpha value is -2.40. The molecular weight excluding hydrogens is 421 g/mol. The van der Waals surface area contributed by atoms with Crippen LogP contribution in [-0.4, -0.2) is 13.7 Å². The lowest BCUT2D eigenvalue weighted by Crippen LogP contribution is -2.14. The maximum Gasteiger partial charge on any atom is 0.163 e. The summed E-state index contributed by atoms with van der Waals surface area (Å²) in [5.74, 6) is 2.13. The minimum Gasteiger partial charge on any atom is -0.496 e. The number of para-hydroxylation sites is 1. The highest BCUT2D eigenvalue weighted by atomic mass is 35.5. The second-order valence-electron chi connectivity index (χ2n) is 6.66. The van der Waals surface area contributed by atoms with Gasteiger partial charge >= 0.3 is 0 Å². The Balaban J connectivity index is 1.69. The average molecular weight is 446 g/mol. The van der Waals surface area contributed by atoms with E-state index >= 15 is 0 Å². The molecule has 0 heterocycles. The maximum atomic E-state index is 6.53. The first-order valence-corrected chi connectivity index (χ1v) is 10.5. The van der Waals surface area contributed by atoms with Gasteiger partial charge in [-0.25, -0.2) is 0 Å². The standard InChI is InChI=1S/C24H25Cl2NO3/c1-3-29-23-12-19(15-27-14-18-8-4-5-10-22(18)28-2)21(26)13-24(23)30-16-17-7-6-9-20(25)11-17/h4-13,27H,3,14-16H2,1-2H3. The van der Waals surface area contributed by atoms with Gasteiger partial charge in [-0.1, -0.05) is 53.5 Å². The lowest BCUT2D eigenvalue weighted by molar-refractivity contribution is 0.269. The van der Waals surface area contributed by atoms with Gasteiger partial charge in [0.15, 0.2) is 11.5 Å². The fraction of sp³-hybridized carbons (Fsp3) is 0.250. The molecule has 1 N–H and O–H groups in total. The molecule has 0 unspecified atom stereocenters. The van der Waals surface area contributed by atoms with Crippen LogP contribution >= 0.6 is 23.2 Å². The Morgan fingerprint density at radius 2 is 1.57 bits per heavy atom. The summed E-state index contributed by atoms with van der Waals surface area (Å²) in [6.07, 6.45) is 0. The predicted octanol–water partition coefficient (Wildman–Crippen LogP) is 6.27. The van der Waals surface area contributed by atoms with Crippen molar-refractivity contribution in [3.8, 4) is 17.2 Å². The van der Waals surface area contributed by atoms with Gasteiger partial charge in [-0.2, -0.15) is 0 Å². The van der Waals surface area contributed by atoms with Gasteiger partial charge in [-0.3, -0.25) is 0 Å². The van der Waals surface area contributed by atoms with E-state index in [1.165, 1.54) is 0 Å². The number of nitrogens with one attached hydrogen (secondary N) is 1. The molecule has 0 amide bonds. The molecule has 3 rings (SSSR count). The normalized spacial score (nSPS) is 10.7. The van der Waals surface area contributed by atoms with Crippen molar-refractivity contribution in [3.05, 3.63) is 87.4 Å². The van der Waals surface area contributed by atoms with E-state index < -0.39 is 0 Å². The Bertz CT molecular complexity index is 978. The van der Waals surface area contributed by atoms with Crippen molar-refractivity contribution >= 4 is 23.2 Å². The van der Waals surface area contributed by atoms with E-state index in [2.05, 4.69) is 5.32 Å². The lowest BCUT2D eigenvalue weighted by atomic mass is 10.1. The van der Waals surface area contributed by atoms with Gasteiger partial charge in [-0.05, 0) is 42.3 Å². The number of methoxy groups -OCH3 is 1. The van der Waals surface area contributed by atoms with E-state index in [0.29, 0.717) is 47.8 Å². The van der Waals surface area contributed by atoms with E-state index in [1.807, 2.05) is 61.5 Å². The molecule has 0 fully saturated rings. The van der Waals surface area contributed by atoms with Crippen LogP contribution in [0.5, 0.6) is 17.2 Å². The first-order valence-electron chi connectivity index (χ1n) is 9.75. The molecule has 0 aromatic heterocycles. The molecule has 0 radical (unpaired) electrons. The summed E-state index contributed by atoms with van der Waals surface area (Å²) in [5, 5.41) is 4.71. The van der Waals surface area contributed by atoms with E-state index in [1.54, 1.807) is 13.2 Å². The molecule has 3 aromatic rings. The topological polar surface area (TPSA) is 39.7 Å². The van der Waals surface area contributed by atoms with Crippen LogP contribution in [0, 0.1) is 0 Å². The molecule has 6 heteroatoms. The Morgan fingerprint density at radius 3 is 2.33 bits per heavy atom. The highest BCUT2D eigenvalue weighted by molar-refractivity contribution is 6.31. The smallest absolute Gasteiger partial charge is 0.163 e. The molecule has 0 saturated carbocycles. The minimum absolute atomic E-state index is 0.377. The van der Waals surface area contributed by atoms with Crippen LogP contribution in [0.2, 0.25) is 10.0 Å². The summed E-state index contributed by atoms with van der Waals surface area (Å²) in [7, 11) is 1.67. The van der Waals surface area contributed by atoms with Gasteiger partial charge in [0.05, 0.1) is 13.7 Å². The fourth-order valence-corrected chi connectivity index (χ4v) is 3.50. The second kappa shape index (κ2) is 11.1. The average Bonchev–Trinajstić information content (AvgIpc) is 2.75. The van der Waals surface area contributed by atoms with Gasteiger partial charge in [-0.15, -0.1) is 0 Å². The predicted molar refractivity (Wildman–Crippen MR) is 122 cm³/mol. The van der Waals surface area contributed by atoms with E-state index in [9.17, 15) is 0 Å². The van der Waals surface area contributed by atoms with Gasteiger partial charge in [0.25, 0.3) is 0 Å². The maximum absolute atomic E-state index is 6.53. The highest BCUT2D eigenvalue weighted by Gasteiger charge is 2.12. The molecule has 3 aromatic carbocycles. The largest absolute Gasteiger partial charge is 0.496 e. The Kier molecular flexibility index (Phi) is 8.26. The van der Waals surface area contributed by atoms with Crippen LogP contribution in [0.3, 0.4) is 0 Å². The zero-order valence-electron chi connectivity index (χ0n) is 17.1. The minimum atomic E-state index is 0.377. The number of halogens is 2. The fourth-order valence-electron chi connectivity index (χ4n) is 3.06. The first kappa shape index (κ1) is 22.3. The molecule has 0 bridgehead atoms. The summed E-state index contributed by atoms with van der Waals surface area (Å²) in [6, 6.07) is 19.2. The summed E-state index contributed by atoms with van der Waals surface area (Å²) in [6.45, 7) is 4.10. The second-order valence-corrected chi connectivity index (χ2v) is 7.50. The molecular formula is C24H25Cl2NO3. The van der Waals surface area contributed by atoms with Crippen LogP contribution in [0.15, 0.2) is 60.7 Å². The number of hydrogen-bond acceptors (Lipinski definition) is 4. The third-order valence-electron chi connectivity index (χ3n) is 4.52. The molecule has 0 spiro atoms. The summed E-state index contributed by atoms with van der Waals surface area (Å²) < 4.78 is 17.2. The molecule has 0 atom stereocenters. The highest BCUT2D eigenvalue weighted by Crippen LogP contribution is 2.34. The van der Waals surface area contributed by atoms with E-state index in [4.69, 9.17) is 37.4 Å². The van der Waals surface area contributed by atoms with Crippen molar-refractivity contribution in [2.24, 2.45) is 0 Å². The summed E-state index contributed by atoms with van der Waals surface area (Å²) in [4.78, 5) is 0. The van der Waals surface area contributed by atoms with Crippen molar-refractivity contribution in [2.75, 3.05) is 13.7 Å². The SMILES string of the molecule is CCOc1cc(CNCc2ccccc2OC)c(Cl)cc1OCc1cccc(Cl)c1. The number of ether oxygens (including phenoxy) is 3. The van der Waals surface area contributed by atoms with Crippen LogP contribution in [0.25, 0.3) is 0 Å². The van der Waals surface area contributed by atoms with Crippen molar-refractivity contribution in [2.45, 2.75) is 26.6 Å². The third-order valence-corrected chi connectivity index (χ3v) is 5.11. The molecule has 0 aliphatic rings. The van der Waals surface area contributed by atoms with Crippen molar-refractivity contribution < 1.29 is 14.2 Å². The van der Waals surface area contributed by atoms with Crippen molar-refractivity contribution in [1.82, 2.24) is 5.32 Å². The van der Waals surface area contributed by atoms with Gasteiger partial charge in [0.1, 0.15) is 12.4 Å². The van der Waals surface area contributed by atoms with Crippen LogP contribution < -0.4 is 19.5 Å². The van der Waals surface area contributed by atoms with Crippen molar-refractivity contribution in [3.63, 3.8) is 0 Å². The molecule has 0 aliphatic carbocycles. The van der Waals surface area contributed by atoms with Crippen LogP contribution in [0.4, 0.5) is 0 Å². The Labute approximate surface area is 187 Å². The lowest BCUT2D eigenvalue weighted by Gasteiger charge is -2.16. The monoisotopic (exact) mass is 445 g/mol. The summed E-state index contributed by atoms with van der Waals surface area (Å²) in [5.41, 5.74) is 3.00. The number of rotatable bonds is 10. The van der Waals surface area contributed by atoms with Gasteiger partial charge in [0, 0.05) is 34.8 Å². The molecule has 0 aliphatic heterocycles. The molecule has 4 nitrogen and oxygen atoms in total. The zero-order chi connectivity index (χ0) is 21.3. The number of hydrogen-bond donors (Lipinski definition) is 1. The van der Waals surface area contributed by atoms with Crippen molar-refractivity contribution in [1.29, 1.82) is 0 Å².